The molecule has 0 saturated carbocycles. The number of rotatable bonds is 6. The molecule has 0 aliphatic carbocycles. The van der Waals surface area contributed by atoms with Gasteiger partial charge in [-0.05, 0) is 32.6 Å². The molecule has 4 heterocycles. The minimum absolute atomic E-state index is 0.124. The first-order valence-corrected chi connectivity index (χ1v) is 14.3. The van der Waals surface area contributed by atoms with Gasteiger partial charge in [-0.25, -0.2) is 0 Å². The van der Waals surface area contributed by atoms with Crippen molar-refractivity contribution >= 4 is 23.7 Å². The third-order valence-electron chi connectivity index (χ3n) is 8.56. The maximum absolute atomic E-state index is 14.5. The smallest absolute Gasteiger partial charge is 0.313 e. The fraction of sp³-hybridized carbons (Fsp3) is 0.724. The molecule has 0 aromatic rings. The Morgan fingerprint density at radius 1 is 1.15 bits per heavy atom. The standard InChI is InChI=1S/C29H43N3O7/c1-6-10-18(4)31-14-9-7-8-11-22(34)30-15-19(5)38-28(37)23-21-12-13-29(39-21)24(23)26(35)32(25(29)27(31)36)20(16-33)17(2)3/h7,9,12-13,17-21,23-25,33H,6,8,10-11,14-16H2,1-5H3,(H,30,34)/b9-7-/t18?,19-,20-,21+,23-,24-,25+,29-/m0/s1. The highest BCUT2D eigenvalue weighted by molar-refractivity contribution is 5.99. The zero-order valence-corrected chi connectivity index (χ0v) is 23.7. The zero-order valence-electron chi connectivity index (χ0n) is 23.7. The number of carbonyl (C=O) groups excluding carboxylic acids is 4. The Morgan fingerprint density at radius 3 is 2.56 bits per heavy atom. The Labute approximate surface area is 230 Å². The normalized spacial score (nSPS) is 35.7. The lowest BCUT2D eigenvalue weighted by Gasteiger charge is -2.41. The lowest BCUT2D eigenvalue weighted by Crippen LogP contribution is -2.60. The third kappa shape index (κ3) is 5.25. The van der Waals surface area contributed by atoms with E-state index < -0.39 is 47.7 Å². The topological polar surface area (TPSA) is 125 Å². The molecular formula is C29H43N3O7. The van der Waals surface area contributed by atoms with Crippen molar-refractivity contribution in [2.75, 3.05) is 19.7 Å². The number of ether oxygens (including phenoxy) is 2. The molecule has 2 fully saturated rings. The van der Waals surface area contributed by atoms with Crippen LogP contribution in [0, 0.1) is 17.8 Å². The molecule has 8 atom stereocenters. The number of esters is 1. The van der Waals surface area contributed by atoms with Crippen molar-refractivity contribution in [2.24, 2.45) is 17.8 Å². The number of carbonyl (C=O) groups is 4. The second-order valence-corrected chi connectivity index (χ2v) is 11.6. The lowest BCUT2D eigenvalue weighted by molar-refractivity contribution is -0.160. The summed E-state index contributed by atoms with van der Waals surface area (Å²) in [5.74, 6) is -3.41. The first kappa shape index (κ1) is 29.3. The van der Waals surface area contributed by atoms with Crippen LogP contribution in [0.2, 0.25) is 0 Å². The first-order chi connectivity index (χ1) is 18.6. The molecular weight excluding hydrogens is 502 g/mol. The average Bonchev–Trinajstić information content (AvgIpc) is 3.52. The molecule has 216 valence electrons. The van der Waals surface area contributed by atoms with E-state index in [9.17, 15) is 24.3 Å². The number of nitrogens with zero attached hydrogens (tertiary/aromatic N) is 2. The number of fused-ring (bicyclic) bond motifs is 2. The van der Waals surface area contributed by atoms with Crippen molar-refractivity contribution < 1.29 is 33.8 Å². The summed E-state index contributed by atoms with van der Waals surface area (Å²) in [4.78, 5) is 57.7. The summed E-state index contributed by atoms with van der Waals surface area (Å²) in [6.45, 7) is 9.67. The molecule has 5 bridgehead atoms. The average molecular weight is 546 g/mol. The van der Waals surface area contributed by atoms with Gasteiger partial charge in [0.15, 0.2) is 0 Å². The Bertz CT molecular complexity index is 1030. The van der Waals surface area contributed by atoms with E-state index in [1.54, 1.807) is 24.0 Å². The van der Waals surface area contributed by atoms with Gasteiger partial charge in [0.05, 0.1) is 31.2 Å². The quantitative estimate of drug-likeness (QED) is 0.383. The van der Waals surface area contributed by atoms with Crippen LogP contribution < -0.4 is 5.32 Å². The highest BCUT2D eigenvalue weighted by Crippen LogP contribution is 2.56. The molecule has 2 N–H and O–H groups in total. The van der Waals surface area contributed by atoms with Crippen LogP contribution >= 0.6 is 0 Å². The van der Waals surface area contributed by atoms with E-state index in [-0.39, 0.29) is 49.3 Å². The molecule has 4 aliphatic rings. The van der Waals surface area contributed by atoms with Crippen molar-refractivity contribution in [1.29, 1.82) is 0 Å². The SMILES string of the molecule is CCCC(C)N1C/C=C\CCC(=O)NC[C@H](C)OC(=O)[C@@H]2[C@H]3C(=O)N([C@@H](CO)C(C)C)[C@H](C1=O)[C@]31C=C[C@H]2O1. The van der Waals surface area contributed by atoms with E-state index in [0.29, 0.717) is 13.0 Å². The number of amides is 3. The predicted molar refractivity (Wildman–Crippen MR) is 143 cm³/mol. The van der Waals surface area contributed by atoms with Gasteiger partial charge in [-0.3, -0.25) is 19.2 Å². The fourth-order valence-corrected chi connectivity index (χ4v) is 6.54. The summed E-state index contributed by atoms with van der Waals surface area (Å²) < 4.78 is 12.1. The van der Waals surface area contributed by atoms with E-state index in [1.165, 1.54) is 4.90 Å². The highest BCUT2D eigenvalue weighted by Gasteiger charge is 2.74. The van der Waals surface area contributed by atoms with Crippen LogP contribution in [0.25, 0.3) is 0 Å². The van der Waals surface area contributed by atoms with Crippen LogP contribution in [0.4, 0.5) is 0 Å². The van der Waals surface area contributed by atoms with Crippen LogP contribution in [0.15, 0.2) is 24.3 Å². The summed E-state index contributed by atoms with van der Waals surface area (Å²) in [6, 6.07) is -1.78. The second kappa shape index (κ2) is 11.8. The van der Waals surface area contributed by atoms with Gasteiger partial charge in [-0.1, -0.05) is 51.5 Å². The number of aliphatic hydroxyl groups is 1. The lowest BCUT2D eigenvalue weighted by atomic mass is 9.74. The van der Waals surface area contributed by atoms with Gasteiger partial charge in [0.1, 0.15) is 23.7 Å². The van der Waals surface area contributed by atoms with Crippen molar-refractivity contribution in [1.82, 2.24) is 15.1 Å². The first-order valence-electron chi connectivity index (χ1n) is 14.3. The minimum Gasteiger partial charge on any atom is -0.460 e. The van der Waals surface area contributed by atoms with Crippen LogP contribution in [0.5, 0.6) is 0 Å². The van der Waals surface area contributed by atoms with Gasteiger partial charge in [0, 0.05) is 19.0 Å². The van der Waals surface area contributed by atoms with Gasteiger partial charge in [0.25, 0.3) is 0 Å². The monoisotopic (exact) mass is 545 g/mol. The maximum atomic E-state index is 14.5. The van der Waals surface area contributed by atoms with E-state index >= 15 is 0 Å². The molecule has 0 aromatic heterocycles. The largest absolute Gasteiger partial charge is 0.460 e. The number of hydrogen-bond donors (Lipinski definition) is 2. The predicted octanol–water partition coefficient (Wildman–Crippen LogP) is 1.57. The van der Waals surface area contributed by atoms with Crippen molar-refractivity contribution in [3.8, 4) is 0 Å². The number of cyclic esters (lactones) is 1. The van der Waals surface area contributed by atoms with Gasteiger partial charge in [-0.2, -0.15) is 0 Å². The van der Waals surface area contributed by atoms with Crippen LogP contribution in [-0.4, -0.2) is 94.2 Å². The number of hydrogen-bond acceptors (Lipinski definition) is 7. The molecule has 4 rings (SSSR count). The van der Waals surface area contributed by atoms with Crippen LogP contribution in [-0.2, 0) is 28.7 Å². The Morgan fingerprint density at radius 2 is 1.90 bits per heavy atom. The summed E-state index contributed by atoms with van der Waals surface area (Å²) in [5.41, 5.74) is -1.33. The molecule has 10 heteroatoms. The molecule has 0 aromatic carbocycles. The highest BCUT2D eigenvalue weighted by atomic mass is 16.6. The minimum atomic E-state index is -1.33. The second-order valence-electron chi connectivity index (χ2n) is 11.6. The molecule has 3 amide bonds. The molecule has 10 nitrogen and oxygen atoms in total. The van der Waals surface area contributed by atoms with Gasteiger partial charge < -0.3 is 29.7 Å². The molecule has 4 aliphatic heterocycles. The van der Waals surface area contributed by atoms with Crippen molar-refractivity contribution in [2.45, 2.75) is 96.2 Å². The summed E-state index contributed by atoms with van der Waals surface area (Å²) in [7, 11) is 0. The molecule has 1 unspecified atom stereocenters. The number of likely N-dealkylation sites (tertiary alicyclic amines) is 1. The maximum Gasteiger partial charge on any atom is 0.313 e. The zero-order chi connectivity index (χ0) is 28.5. The Kier molecular flexibility index (Phi) is 8.85. The summed E-state index contributed by atoms with van der Waals surface area (Å²) in [6.07, 6.45) is 8.40. The van der Waals surface area contributed by atoms with Crippen LogP contribution in [0.1, 0.15) is 60.3 Å². The van der Waals surface area contributed by atoms with Crippen molar-refractivity contribution in [3.63, 3.8) is 0 Å². The van der Waals surface area contributed by atoms with E-state index in [0.717, 1.165) is 12.8 Å². The molecule has 39 heavy (non-hydrogen) atoms. The van der Waals surface area contributed by atoms with E-state index in [4.69, 9.17) is 9.47 Å². The van der Waals surface area contributed by atoms with Crippen molar-refractivity contribution in [3.05, 3.63) is 24.3 Å². The van der Waals surface area contributed by atoms with Gasteiger partial charge in [0.2, 0.25) is 17.7 Å². The van der Waals surface area contributed by atoms with E-state index in [2.05, 4.69) is 12.2 Å². The number of allylic oxidation sites excluding steroid dienone is 1. The number of aliphatic hydroxyl groups excluding tert-OH is 1. The summed E-state index contributed by atoms with van der Waals surface area (Å²) in [5, 5.41) is 13.2. The molecule has 0 radical (unpaired) electrons. The molecule has 2 saturated heterocycles. The number of nitrogens with one attached hydrogen (secondary N) is 1. The summed E-state index contributed by atoms with van der Waals surface area (Å²) >= 11 is 0. The van der Waals surface area contributed by atoms with E-state index in [1.807, 2.05) is 32.9 Å². The van der Waals surface area contributed by atoms with Gasteiger partial charge >= 0.3 is 5.97 Å². The van der Waals surface area contributed by atoms with Gasteiger partial charge in [-0.15, -0.1) is 0 Å². The molecule has 1 spiro atoms. The van der Waals surface area contributed by atoms with Crippen LogP contribution in [0.3, 0.4) is 0 Å². The Balaban J connectivity index is 1.82. The fourth-order valence-electron chi connectivity index (χ4n) is 6.54. The third-order valence-corrected chi connectivity index (χ3v) is 8.56. The Hall–Kier alpha value is -2.72.